The van der Waals surface area contributed by atoms with Gasteiger partial charge in [0, 0.05) is 18.7 Å². The van der Waals surface area contributed by atoms with Crippen LogP contribution in [-0.4, -0.2) is 24.5 Å². The summed E-state index contributed by atoms with van der Waals surface area (Å²) in [6.07, 6.45) is 6.23. The van der Waals surface area contributed by atoms with Gasteiger partial charge in [0.25, 0.3) is 11.1 Å². The van der Waals surface area contributed by atoms with E-state index in [1.165, 1.54) is 25.6 Å². The van der Waals surface area contributed by atoms with Crippen LogP contribution < -0.4 is 21.5 Å². The number of ether oxygens (including phenoxy) is 1. The summed E-state index contributed by atoms with van der Waals surface area (Å²) in [5.74, 6) is 0.403. The van der Waals surface area contributed by atoms with Crippen molar-refractivity contribution >= 4 is 23.2 Å². The standard InChI is InChI=1S/C20H19Cl2N5O4/c1-26-20(30)27(17(28)10-23-26)12-7-14(21)18(15(22)8-12)31-16-9-13(19(29)25-24-16)11-5-3-2-4-6-11/h7-11H,2-6H2,1H3,(H,25,29). The van der Waals surface area contributed by atoms with Crippen LogP contribution in [0.15, 0.2) is 38.8 Å². The van der Waals surface area contributed by atoms with Gasteiger partial charge in [-0.05, 0) is 30.9 Å². The molecule has 1 saturated carbocycles. The lowest BCUT2D eigenvalue weighted by atomic mass is 9.85. The minimum absolute atomic E-state index is 0.0699. The molecule has 0 amide bonds. The van der Waals surface area contributed by atoms with Crippen LogP contribution in [0.3, 0.4) is 0 Å². The van der Waals surface area contributed by atoms with Crippen LogP contribution >= 0.6 is 23.2 Å². The van der Waals surface area contributed by atoms with Crippen LogP contribution in [-0.2, 0) is 7.05 Å². The van der Waals surface area contributed by atoms with Crippen LogP contribution in [0.25, 0.3) is 5.69 Å². The number of benzene rings is 1. The van der Waals surface area contributed by atoms with E-state index in [-0.39, 0.29) is 38.8 Å². The Morgan fingerprint density at radius 1 is 1.06 bits per heavy atom. The van der Waals surface area contributed by atoms with Crippen molar-refractivity contribution in [1.82, 2.24) is 24.5 Å². The van der Waals surface area contributed by atoms with E-state index in [1.54, 1.807) is 6.07 Å². The molecule has 0 aliphatic heterocycles. The number of H-pyrrole nitrogens is 1. The Hall–Kier alpha value is -2.91. The molecule has 162 valence electrons. The molecule has 2 heterocycles. The fourth-order valence-electron chi connectivity index (χ4n) is 3.77. The van der Waals surface area contributed by atoms with E-state index in [2.05, 4.69) is 15.3 Å². The summed E-state index contributed by atoms with van der Waals surface area (Å²) < 4.78 is 7.69. The van der Waals surface area contributed by atoms with E-state index < -0.39 is 11.2 Å². The number of aromatic amines is 1. The summed E-state index contributed by atoms with van der Waals surface area (Å²) in [7, 11) is 1.42. The van der Waals surface area contributed by atoms with Crippen molar-refractivity contribution in [3.8, 4) is 17.3 Å². The zero-order valence-electron chi connectivity index (χ0n) is 16.6. The molecule has 0 bridgehead atoms. The molecular formula is C20H19Cl2N5O4. The fourth-order valence-corrected chi connectivity index (χ4v) is 4.32. The third-order valence-corrected chi connectivity index (χ3v) is 5.89. The van der Waals surface area contributed by atoms with E-state index >= 15 is 0 Å². The van der Waals surface area contributed by atoms with E-state index in [9.17, 15) is 14.4 Å². The fraction of sp³-hybridized carbons (Fsp3) is 0.350. The molecule has 31 heavy (non-hydrogen) atoms. The third-order valence-electron chi connectivity index (χ3n) is 5.33. The lowest BCUT2D eigenvalue weighted by molar-refractivity contribution is 0.427. The molecule has 0 spiro atoms. The lowest BCUT2D eigenvalue weighted by Crippen LogP contribution is -2.38. The summed E-state index contributed by atoms with van der Waals surface area (Å²) in [5.41, 5.74) is -0.705. The van der Waals surface area contributed by atoms with Crippen molar-refractivity contribution < 1.29 is 4.74 Å². The molecule has 11 heteroatoms. The minimum Gasteiger partial charge on any atom is -0.434 e. The Kier molecular flexibility index (Phi) is 5.97. The summed E-state index contributed by atoms with van der Waals surface area (Å²) in [4.78, 5) is 36.7. The van der Waals surface area contributed by atoms with Crippen molar-refractivity contribution in [1.29, 1.82) is 0 Å². The average molecular weight is 464 g/mol. The Morgan fingerprint density at radius 3 is 2.42 bits per heavy atom. The van der Waals surface area contributed by atoms with Crippen molar-refractivity contribution in [2.45, 2.75) is 38.0 Å². The second-order valence-corrected chi connectivity index (χ2v) is 8.20. The molecule has 0 atom stereocenters. The second kappa shape index (κ2) is 8.68. The van der Waals surface area contributed by atoms with Gasteiger partial charge >= 0.3 is 5.69 Å². The molecule has 1 aromatic carbocycles. The van der Waals surface area contributed by atoms with Crippen LogP contribution in [0.5, 0.6) is 11.6 Å². The summed E-state index contributed by atoms with van der Waals surface area (Å²) >= 11 is 12.7. The Balaban J connectivity index is 1.70. The van der Waals surface area contributed by atoms with Gasteiger partial charge in [0.05, 0.1) is 15.7 Å². The van der Waals surface area contributed by atoms with Crippen molar-refractivity contribution in [3.05, 3.63) is 71.2 Å². The number of halogens is 2. The Bertz CT molecular complexity index is 1280. The average Bonchev–Trinajstić information content (AvgIpc) is 2.75. The summed E-state index contributed by atoms with van der Waals surface area (Å²) in [6, 6.07) is 4.39. The van der Waals surface area contributed by atoms with Crippen molar-refractivity contribution in [2.75, 3.05) is 0 Å². The summed E-state index contributed by atoms with van der Waals surface area (Å²) in [6.45, 7) is 0. The smallest absolute Gasteiger partial charge is 0.351 e. The van der Waals surface area contributed by atoms with Crippen LogP contribution in [0, 0.1) is 0 Å². The predicted molar refractivity (Wildman–Crippen MR) is 116 cm³/mol. The Labute approximate surface area is 186 Å². The molecule has 0 radical (unpaired) electrons. The van der Waals surface area contributed by atoms with Gasteiger partial charge in [0.2, 0.25) is 5.88 Å². The number of rotatable bonds is 4. The molecule has 1 fully saturated rings. The first-order valence-corrected chi connectivity index (χ1v) is 10.5. The monoisotopic (exact) mass is 463 g/mol. The maximum atomic E-state index is 12.3. The molecule has 1 aliphatic rings. The lowest BCUT2D eigenvalue weighted by Gasteiger charge is -2.21. The molecule has 1 aliphatic carbocycles. The van der Waals surface area contributed by atoms with E-state index in [0.29, 0.717) is 5.56 Å². The van der Waals surface area contributed by atoms with Crippen LogP contribution in [0.2, 0.25) is 10.0 Å². The van der Waals surface area contributed by atoms with Gasteiger partial charge in [-0.15, -0.1) is 5.10 Å². The SMILES string of the molecule is Cn1ncc(=O)n(-c2cc(Cl)c(Oc3cc(C4CCCCC4)c(=O)[nH]n3)c(Cl)c2)c1=O. The molecule has 0 saturated heterocycles. The number of nitrogens with one attached hydrogen (secondary N) is 1. The van der Waals surface area contributed by atoms with Gasteiger partial charge in [0.1, 0.15) is 6.20 Å². The summed E-state index contributed by atoms with van der Waals surface area (Å²) in [5, 5.41) is 10.2. The van der Waals surface area contributed by atoms with Crippen molar-refractivity contribution in [3.63, 3.8) is 0 Å². The van der Waals surface area contributed by atoms with Gasteiger partial charge in [-0.2, -0.15) is 5.10 Å². The largest absolute Gasteiger partial charge is 0.434 e. The molecule has 0 unspecified atom stereocenters. The first-order chi connectivity index (χ1) is 14.8. The molecular weight excluding hydrogens is 445 g/mol. The zero-order chi connectivity index (χ0) is 22.1. The van der Waals surface area contributed by atoms with Crippen LogP contribution in [0.1, 0.15) is 43.6 Å². The number of aryl methyl sites for hydroxylation is 1. The number of aromatic nitrogens is 5. The van der Waals surface area contributed by atoms with Gasteiger partial charge < -0.3 is 4.74 Å². The number of nitrogens with zero attached hydrogens (tertiary/aromatic N) is 4. The molecule has 4 rings (SSSR count). The maximum absolute atomic E-state index is 12.3. The molecule has 9 nitrogen and oxygen atoms in total. The van der Waals surface area contributed by atoms with Gasteiger partial charge in [-0.1, -0.05) is 42.5 Å². The zero-order valence-corrected chi connectivity index (χ0v) is 18.1. The normalized spacial score (nSPS) is 14.5. The van der Waals surface area contributed by atoms with Crippen molar-refractivity contribution in [2.24, 2.45) is 7.05 Å². The maximum Gasteiger partial charge on any atom is 0.351 e. The Morgan fingerprint density at radius 2 is 1.74 bits per heavy atom. The first kappa shape index (κ1) is 21.3. The topological polar surface area (TPSA) is 112 Å². The molecule has 3 aromatic rings. The number of hydrogen-bond acceptors (Lipinski definition) is 6. The minimum atomic E-state index is -0.646. The van der Waals surface area contributed by atoms with E-state index in [0.717, 1.165) is 41.1 Å². The molecule has 2 aromatic heterocycles. The van der Waals surface area contributed by atoms with Gasteiger partial charge in [0.15, 0.2) is 5.75 Å². The highest BCUT2D eigenvalue weighted by Gasteiger charge is 2.21. The molecule has 1 N–H and O–H groups in total. The highest BCUT2D eigenvalue weighted by Crippen LogP contribution is 2.38. The van der Waals surface area contributed by atoms with E-state index in [4.69, 9.17) is 27.9 Å². The highest BCUT2D eigenvalue weighted by molar-refractivity contribution is 6.37. The second-order valence-electron chi connectivity index (χ2n) is 7.39. The third kappa shape index (κ3) is 4.28. The van der Waals surface area contributed by atoms with E-state index in [1.807, 2.05) is 0 Å². The first-order valence-electron chi connectivity index (χ1n) is 9.77. The highest BCUT2D eigenvalue weighted by atomic mass is 35.5. The predicted octanol–water partition coefficient (Wildman–Crippen LogP) is 3.16. The van der Waals surface area contributed by atoms with Gasteiger partial charge in [-0.3, -0.25) is 9.59 Å². The number of hydrogen-bond donors (Lipinski definition) is 1. The van der Waals surface area contributed by atoms with Gasteiger partial charge in [-0.25, -0.2) is 19.1 Å². The van der Waals surface area contributed by atoms with Crippen LogP contribution in [0.4, 0.5) is 0 Å². The quantitative estimate of drug-likeness (QED) is 0.635.